The number of rotatable bonds is 11. The fraction of sp³-hybridized carbons (Fsp3) is 0.323. The van der Waals surface area contributed by atoms with E-state index >= 15 is 0 Å². The van der Waals surface area contributed by atoms with Gasteiger partial charge in [-0.15, -0.1) is 0 Å². The number of primary amides is 1. The van der Waals surface area contributed by atoms with Crippen molar-refractivity contribution in [2.75, 3.05) is 13.2 Å². The molecule has 0 aliphatic carbocycles. The minimum absolute atomic E-state index is 0.0592. The Morgan fingerprint density at radius 1 is 1.10 bits per heavy atom. The summed E-state index contributed by atoms with van der Waals surface area (Å²) in [4.78, 5) is 20.5. The predicted molar refractivity (Wildman–Crippen MR) is 157 cm³/mol. The van der Waals surface area contributed by atoms with E-state index in [0.717, 1.165) is 47.5 Å². The van der Waals surface area contributed by atoms with Crippen molar-refractivity contribution in [3.05, 3.63) is 90.1 Å². The van der Waals surface area contributed by atoms with Crippen LogP contribution in [0, 0.1) is 0 Å². The van der Waals surface area contributed by atoms with Crippen LogP contribution in [0.2, 0.25) is 25.7 Å². The lowest BCUT2D eigenvalue weighted by atomic mass is 9.96. The maximum absolute atomic E-state index is 11.3. The summed E-state index contributed by atoms with van der Waals surface area (Å²) in [5.74, 6) is 2.70. The third kappa shape index (κ3) is 7.16. The predicted octanol–water partition coefficient (Wildman–Crippen LogP) is 5.80. The van der Waals surface area contributed by atoms with E-state index < -0.39 is 14.0 Å². The second-order valence-corrected chi connectivity index (χ2v) is 17.0. The molecule has 4 aromatic rings. The number of imidazole rings is 1. The Hall–Kier alpha value is -3.95. The Balaban J connectivity index is 1.35. The van der Waals surface area contributed by atoms with Crippen molar-refractivity contribution in [2.24, 2.45) is 5.73 Å². The quantitative estimate of drug-likeness (QED) is 0.185. The first-order valence-electron chi connectivity index (χ1n) is 13.6. The summed E-state index contributed by atoms with van der Waals surface area (Å²) in [5.41, 5.74) is 8.94. The number of nitrogens with zero attached hydrogens (tertiary/aromatic N) is 3. The molecule has 2 aromatic carbocycles. The van der Waals surface area contributed by atoms with E-state index in [-0.39, 0.29) is 12.3 Å². The molecule has 0 fully saturated rings. The fourth-order valence-electron chi connectivity index (χ4n) is 4.68. The maximum Gasteiger partial charge on any atom is 0.223 e. The minimum atomic E-state index is -1.18. The average Bonchev–Trinajstić information content (AvgIpc) is 3.35. The summed E-state index contributed by atoms with van der Waals surface area (Å²) >= 11 is 0. The number of nitrogens with two attached hydrogens (primary N) is 1. The monoisotopic (exact) mass is 556 g/mol. The van der Waals surface area contributed by atoms with Crippen LogP contribution in [-0.4, -0.2) is 41.7 Å². The highest BCUT2D eigenvalue weighted by molar-refractivity contribution is 6.76. The van der Waals surface area contributed by atoms with Crippen molar-refractivity contribution in [2.45, 2.75) is 51.2 Å². The van der Waals surface area contributed by atoms with Crippen LogP contribution in [0.25, 0.3) is 11.3 Å². The van der Waals surface area contributed by atoms with Gasteiger partial charge in [0.1, 0.15) is 29.8 Å². The van der Waals surface area contributed by atoms with Crippen molar-refractivity contribution >= 4 is 14.0 Å². The number of hydrogen-bond acceptors (Lipinski definition) is 6. The van der Waals surface area contributed by atoms with Crippen molar-refractivity contribution in [1.82, 2.24) is 14.5 Å². The molecular weight excluding hydrogens is 520 g/mol. The van der Waals surface area contributed by atoms with Gasteiger partial charge in [-0.05, 0) is 42.3 Å². The zero-order valence-corrected chi connectivity index (χ0v) is 24.3. The van der Waals surface area contributed by atoms with E-state index in [9.17, 15) is 4.79 Å². The number of carbonyl (C=O) groups excluding carboxylic acids is 1. The number of carbonyl (C=O) groups is 1. The third-order valence-corrected chi connectivity index (χ3v) is 8.49. The van der Waals surface area contributed by atoms with Gasteiger partial charge in [-0.2, -0.15) is 0 Å². The van der Waals surface area contributed by atoms with Gasteiger partial charge in [-0.3, -0.25) is 9.78 Å². The van der Waals surface area contributed by atoms with Crippen LogP contribution >= 0.6 is 0 Å². The Kier molecular flexibility index (Phi) is 8.32. The third-order valence-electron chi connectivity index (χ3n) is 6.79. The minimum Gasteiger partial charge on any atom is -0.493 e. The van der Waals surface area contributed by atoms with E-state index in [0.29, 0.717) is 30.5 Å². The van der Waals surface area contributed by atoms with Gasteiger partial charge in [0.15, 0.2) is 0 Å². The summed E-state index contributed by atoms with van der Waals surface area (Å²) in [6.07, 6.45) is 4.52. The molecule has 1 unspecified atom stereocenters. The van der Waals surface area contributed by atoms with E-state index in [1.165, 1.54) is 0 Å². The van der Waals surface area contributed by atoms with Crippen LogP contribution in [0.5, 0.6) is 17.2 Å². The lowest BCUT2D eigenvalue weighted by molar-refractivity contribution is -0.117. The highest BCUT2D eigenvalue weighted by Crippen LogP contribution is 2.36. The molecule has 8 nitrogen and oxygen atoms in total. The number of amides is 1. The lowest BCUT2D eigenvalue weighted by Crippen LogP contribution is -2.24. The highest BCUT2D eigenvalue weighted by Gasteiger charge is 2.27. The molecule has 1 amide bonds. The number of fused-ring (bicyclic) bond motifs is 1. The SMILES string of the molecule is C[Si](C)(C)CCOCn1cc(-c2ccccc2)nc1C1COc2ccc(Oc3ccnc(CC(N)=O)c3)cc2C1. The summed E-state index contributed by atoms with van der Waals surface area (Å²) in [7, 11) is -1.18. The van der Waals surface area contributed by atoms with Crippen molar-refractivity contribution in [1.29, 1.82) is 0 Å². The van der Waals surface area contributed by atoms with Gasteiger partial charge < -0.3 is 24.5 Å². The van der Waals surface area contributed by atoms with Gasteiger partial charge in [0.25, 0.3) is 0 Å². The number of hydrogen-bond donors (Lipinski definition) is 1. The Bertz CT molecular complexity index is 1470. The molecule has 0 saturated carbocycles. The molecule has 1 atom stereocenters. The van der Waals surface area contributed by atoms with Crippen molar-refractivity contribution < 1.29 is 19.0 Å². The zero-order chi connectivity index (χ0) is 28.1. The Morgan fingerprint density at radius 2 is 1.90 bits per heavy atom. The zero-order valence-electron chi connectivity index (χ0n) is 23.3. The van der Waals surface area contributed by atoms with Gasteiger partial charge in [-0.1, -0.05) is 50.0 Å². The first-order valence-corrected chi connectivity index (χ1v) is 17.3. The first-order chi connectivity index (χ1) is 19.2. The van der Waals surface area contributed by atoms with Gasteiger partial charge in [-0.25, -0.2) is 4.98 Å². The van der Waals surface area contributed by atoms with Crippen LogP contribution in [0.1, 0.15) is 23.0 Å². The van der Waals surface area contributed by atoms with Crippen LogP contribution < -0.4 is 15.2 Å². The summed E-state index contributed by atoms with van der Waals surface area (Å²) in [5, 5.41) is 0. The summed E-state index contributed by atoms with van der Waals surface area (Å²) < 4.78 is 20.6. The van der Waals surface area contributed by atoms with Gasteiger partial charge in [0, 0.05) is 38.7 Å². The van der Waals surface area contributed by atoms with E-state index in [1.807, 2.05) is 36.4 Å². The number of pyridine rings is 1. The molecule has 2 aromatic heterocycles. The van der Waals surface area contributed by atoms with Crippen LogP contribution in [0.3, 0.4) is 0 Å². The summed E-state index contributed by atoms with van der Waals surface area (Å²) in [6, 6.07) is 20.6. The van der Waals surface area contributed by atoms with E-state index in [4.69, 9.17) is 24.9 Å². The second-order valence-electron chi connectivity index (χ2n) is 11.4. The molecule has 1 aliphatic heterocycles. The van der Waals surface area contributed by atoms with Gasteiger partial charge in [0.2, 0.25) is 5.91 Å². The fourth-order valence-corrected chi connectivity index (χ4v) is 5.44. The maximum atomic E-state index is 11.3. The number of ether oxygens (including phenoxy) is 3. The Morgan fingerprint density at radius 3 is 2.67 bits per heavy atom. The molecule has 0 saturated heterocycles. The molecule has 0 bridgehead atoms. The van der Waals surface area contributed by atoms with E-state index in [1.54, 1.807) is 18.3 Å². The molecule has 1 aliphatic rings. The molecule has 3 heterocycles. The molecule has 2 N–H and O–H groups in total. The van der Waals surface area contributed by atoms with Crippen molar-refractivity contribution in [3.63, 3.8) is 0 Å². The average molecular weight is 557 g/mol. The highest BCUT2D eigenvalue weighted by atomic mass is 28.3. The number of aromatic nitrogens is 3. The smallest absolute Gasteiger partial charge is 0.223 e. The molecule has 40 heavy (non-hydrogen) atoms. The van der Waals surface area contributed by atoms with Crippen LogP contribution in [-0.2, 0) is 29.1 Å². The Labute approximate surface area is 236 Å². The molecule has 208 valence electrons. The molecule has 9 heteroatoms. The molecule has 0 spiro atoms. The van der Waals surface area contributed by atoms with Crippen LogP contribution in [0.4, 0.5) is 0 Å². The van der Waals surface area contributed by atoms with Crippen molar-refractivity contribution in [3.8, 4) is 28.5 Å². The second kappa shape index (κ2) is 12.1. The lowest BCUT2D eigenvalue weighted by Gasteiger charge is -2.26. The molecule has 0 radical (unpaired) electrons. The standard InChI is InChI=1S/C31H36N4O4Si/c1-40(2,3)14-13-37-21-35-19-28(22-7-5-4-6-8-22)34-31(35)24-15-23-16-26(9-10-29(23)38-20-24)39-27-11-12-33-25(17-27)18-30(32)36/h4-12,16-17,19,24H,13-15,18,20-21H2,1-3H3,(H2,32,36). The molecular formula is C31H36N4O4Si. The van der Waals surface area contributed by atoms with Crippen LogP contribution in [0.15, 0.2) is 73.1 Å². The largest absolute Gasteiger partial charge is 0.493 e. The first kappa shape index (κ1) is 27.6. The summed E-state index contributed by atoms with van der Waals surface area (Å²) in [6.45, 7) is 8.81. The van der Waals surface area contributed by atoms with Gasteiger partial charge in [0.05, 0.1) is 30.3 Å². The number of benzene rings is 2. The normalized spacial score (nSPS) is 14.8. The van der Waals surface area contributed by atoms with E-state index in [2.05, 4.69) is 47.5 Å². The molecule has 5 rings (SSSR count). The topological polar surface area (TPSA) is 101 Å². The van der Waals surface area contributed by atoms with Gasteiger partial charge >= 0.3 is 0 Å².